The lowest BCUT2D eigenvalue weighted by Gasteiger charge is -2.43. The topological polar surface area (TPSA) is 152 Å². The molecule has 0 saturated heterocycles. The zero-order chi connectivity index (χ0) is 48.5. The highest BCUT2D eigenvalue weighted by atomic mass is 32.2. The van der Waals surface area contributed by atoms with Crippen LogP contribution in [0.2, 0.25) is 5.04 Å². The lowest BCUT2D eigenvalue weighted by molar-refractivity contribution is -0.384. The van der Waals surface area contributed by atoms with E-state index in [-0.39, 0.29) is 64.5 Å². The van der Waals surface area contributed by atoms with Gasteiger partial charge in [-0.25, -0.2) is 13.2 Å². The molecule has 4 aromatic rings. The molecular formula is C53H73NO10SSi. The van der Waals surface area contributed by atoms with Crippen molar-refractivity contribution in [3.63, 3.8) is 0 Å². The Labute approximate surface area is 395 Å². The summed E-state index contributed by atoms with van der Waals surface area (Å²) in [6.45, 7) is 19.3. The normalized spacial score (nSPS) is 16.0. The van der Waals surface area contributed by atoms with Gasteiger partial charge in [-0.05, 0) is 108 Å². The number of aliphatic hydroxyl groups excluding tert-OH is 1. The molecule has 0 heterocycles. The highest BCUT2D eigenvalue weighted by Gasteiger charge is 2.50. The van der Waals surface area contributed by atoms with E-state index in [0.717, 1.165) is 12.8 Å². The van der Waals surface area contributed by atoms with Gasteiger partial charge in [-0.1, -0.05) is 133 Å². The molecule has 0 spiro atoms. The molecule has 66 heavy (non-hydrogen) atoms. The summed E-state index contributed by atoms with van der Waals surface area (Å²) in [6, 6.07) is 34.6. The summed E-state index contributed by atoms with van der Waals surface area (Å²) in [5.41, 5.74) is 0.0475. The van der Waals surface area contributed by atoms with E-state index in [2.05, 4.69) is 82.8 Å². The fraction of sp³-hybridized carbons (Fsp3) is 0.491. The lowest BCUT2D eigenvalue weighted by Crippen LogP contribution is -2.66. The molecule has 1 N–H and O–H groups in total. The highest BCUT2D eigenvalue weighted by molar-refractivity contribution is 7.92. The zero-order valence-corrected chi connectivity index (χ0v) is 42.0. The molecule has 2 unspecified atom stereocenters. The SMILES string of the molecule is C=C[C@@H](C)CC[C@H](OC(=O)c1ccc([N+](=O)[O-])cc1)[C@H](C)CCC(O)C(C[C@H](C)[C@@H](OCOC)[C@H](C)CCCO[Si](c1ccccc1)(c1ccccc1)C(C)(C)C)S(=O)(=O)c1ccccc1. The summed E-state index contributed by atoms with van der Waals surface area (Å²) in [5, 5.41) is 24.3. The number of methoxy groups -OCH3 is 1. The Morgan fingerprint density at radius 3 is 1.86 bits per heavy atom. The zero-order valence-electron chi connectivity index (χ0n) is 40.2. The second kappa shape index (κ2) is 25.6. The molecule has 0 amide bonds. The Hall–Kier alpha value is -4.50. The summed E-state index contributed by atoms with van der Waals surface area (Å²) in [7, 11) is -5.21. The van der Waals surface area contributed by atoms with Crippen LogP contribution in [0.3, 0.4) is 0 Å². The number of esters is 1. The Balaban J connectivity index is 1.53. The maximum Gasteiger partial charge on any atom is 0.338 e. The van der Waals surface area contributed by atoms with Gasteiger partial charge < -0.3 is 23.7 Å². The molecule has 4 aromatic carbocycles. The quantitative estimate of drug-likeness (QED) is 0.0111. The van der Waals surface area contributed by atoms with Gasteiger partial charge in [0.1, 0.15) is 12.9 Å². The van der Waals surface area contributed by atoms with E-state index in [1.807, 2.05) is 39.0 Å². The van der Waals surface area contributed by atoms with Gasteiger partial charge in [0.15, 0.2) is 9.84 Å². The third-order valence-corrected chi connectivity index (χ3v) is 20.3. The van der Waals surface area contributed by atoms with Crippen LogP contribution < -0.4 is 10.4 Å². The molecule has 0 fully saturated rings. The Morgan fingerprint density at radius 2 is 1.35 bits per heavy atom. The molecular weight excluding hydrogens is 871 g/mol. The van der Waals surface area contributed by atoms with Crippen LogP contribution >= 0.6 is 0 Å². The number of carbonyl (C=O) groups excluding carboxylic acids is 1. The van der Waals surface area contributed by atoms with E-state index < -0.39 is 52.6 Å². The number of non-ortho nitro benzene ring substituents is 1. The van der Waals surface area contributed by atoms with Gasteiger partial charge >= 0.3 is 5.97 Å². The van der Waals surface area contributed by atoms with Crippen molar-refractivity contribution in [3.05, 3.63) is 144 Å². The van der Waals surface area contributed by atoms with E-state index >= 15 is 0 Å². The lowest BCUT2D eigenvalue weighted by atomic mass is 9.85. The highest BCUT2D eigenvalue weighted by Crippen LogP contribution is 2.38. The van der Waals surface area contributed by atoms with E-state index in [9.17, 15) is 28.4 Å². The fourth-order valence-corrected chi connectivity index (χ4v) is 15.7. The minimum atomic E-state index is -4.03. The van der Waals surface area contributed by atoms with Gasteiger partial charge in [-0.3, -0.25) is 10.1 Å². The summed E-state index contributed by atoms with van der Waals surface area (Å²) in [5.74, 6) is -1.05. The van der Waals surface area contributed by atoms with Crippen LogP contribution in [0.4, 0.5) is 5.69 Å². The molecule has 13 heteroatoms. The first kappa shape index (κ1) is 54.1. The van der Waals surface area contributed by atoms with Gasteiger partial charge in [0.25, 0.3) is 14.0 Å². The van der Waals surface area contributed by atoms with Gasteiger partial charge in [-0.2, -0.15) is 0 Å². The van der Waals surface area contributed by atoms with Crippen molar-refractivity contribution >= 4 is 40.2 Å². The number of sulfone groups is 1. The molecule has 0 aliphatic heterocycles. The van der Waals surface area contributed by atoms with Crippen LogP contribution in [0.5, 0.6) is 0 Å². The maximum atomic E-state index is 14.5. The Kier molecular flexibility index (Phi) is 21.0. The molecule has 0 bridgehead atoms. The van der Waals surface area contributed by atoms with Crippen LogP contribution in [-0.2, 0) is 28.5 Å². The Morgan fingerprint density at radius 1 is 0.788 bits per heavy atom. The largest absolute Gasteiger partial charge is 0.459 e. The first-order valence-electron chi connectivity index (χ1n) is 23.3. The molecule has 4 rings (SSSR count). The molecule has 0 radical (unpaired) electrons. The maximum absolute atomic E-state index is 14.5. The summed E-state index contributed by atoms with van der Waals surface area (Å²) in [6.07, 6.45) is 2.92. The Bertz CT molecular complexity index is 2150. The minimum Gasteiger partial charge on any atom is -0.459 e. The minimum absolute atomic E-state index is 0.0145. The van der Waals surface area contributed by atoms with Crippen LogP contribution in [0, 0.1) is 33.8 Å². The van der Waals surface area contributed by atoms with Crippen LogP contribution in [0.15, 0.2) is 133 Å². The first-order chi connectivity index (χ1) is 31.4. The van der Waals surface area contributed by atoms with Crippen molar-refractivity contribution in [1.82, 2.24) is 0 Å². The predicted molar refractivity (Wildman–Crippen MR) is 265 cm³/mol. The number of hydrogen-bond acceptors (Lipinski definition) is 10. The predicted octanol–water partition coefficient (Wildman–Crippen LogP) is 10.4. The van der Waals surface area contributed by atoms with Crippen LogP contribution in [0.1, 0.15) is 104 Å². The molecule has 0 saturated carbocycles. The van der Waals surface area contributed by atoms with Crippen molar-refractivity contribution in [1.29, 1.82) is 0 Å². The average Bonchev–Trinajstić information content (AvgIpc) is 3.31. The number of nitrogens with zero attached hydrogens (tertiary/aromatic N) is 1. The smallest absolute Gasteiger partial charge is 0.338 e. The number of nitro groups is 1. The summed E-state index contributed by atoms with van der Waals surface area (Å²) >= 11 is 0. The molecule has 0 aliphatic carbocycles. The number of allylic oxidation sites excluding steroid dienone is 1. The standard InChI is InChI=1S/C53H73NO10SSi/c1-10-39(2)28-35-49(64-52(56)43-30-32-44(33-31-43)54(57)58)40(3)29-34-48(55)50(65(59,60)45-22-14-11-15-23-45)37-42(5)51(62-38-61-9)41(4)21-20-36-63-66(53(6,7)8,46-24-16-12-17-25-46)47-26-18-13-19-27-47/h10-19,22-27,30-33,39-42,48-51,55H,1,20-21,28-29,34-38H2,2-9H3/t39-,40-,41-,42+,48?,49+,50?,51+/m1/s1. The number of nitro benzene ring substituents is 1. The fourth-order valence-electron chi connectivity index (χ4n) is 9.10. The van der Waals surface area contributed by atoms with Crippen molar-refractivity contribution < 1.29 is 41.9 Å². The number of ether oxygens (including phenoxy) is 3. The van der Waals surface area contributed by atoms with E-state index in [0.29, 0.717) is 25.9 Å². The third-order valence-electron chi connectivity index (χ3n) is 13.0. The van der Waals surface area contributed by atoms with Crippen molar-refractivity contribution in [2.24, 2.45) is 23.7 Å². The van der Waals surface area contributed by atoms with Crippen LogP contribution in [-0.4, -0.2) is 76.8 Å². The second-order valence-corrected chi connectivity index (χ2v) is 25.4. The van der Waals surface area contributed by atoms with Gasteiger partial charge in [0.05, 0.1) is 32.8 Å². The third kappa shape index (κ3) is 14.5. The van der Waals surface area contributed by atoms with Gasteiger partial charge in [0.2, 0.25) is 0 Å². The number of aliphatic hydroxyl groups is 1. The van der Waals surface area contributed by atoms with Gasteiger partial charge in [-0.15, -0.1) is 6.58 Å². The summed E-state index contributed by atoms with van der Waals surface area (Å²) < 4.78 is 54.0. The van der Waals surface area contributed by atoms with E-state index in [1.54, 1.807) is 37.4 Å². The van der Waals surface area contributed by atoms with E-state index in [1.165, 1.54) is 34.6 Å². The number of benzene rings is 4. The van der Waals surface area contributed by atoms with Crippen molar-refractivity contribution in [3.8, 4) is 0 Å². The number of rotatable bonds is 28. The number of carbonyl (C=O) groups is 1. The van der Waals surface area contributed by atoms with Crippen LogP contribution in [0.25, 0.3) is 0 Å². The summed E-state index contributed by atoms with van der Waals surface area (Å²) in [4.78, 5) is 24.1. The second-order valence-electron chi connectivity index (χ2n) is 18.9. The average molecular weight is 944 g/mol. The molecule has 8 atom stereocenters. The number of hydrogen-bond donors (Lipinski definition) is 1. The van der Waals surface area contributed by atoms with Crippen molar-refractivity contribution in [2.75, 3.05) is 20.5 Å². The molecule has 11 nitrogen and oxygen atoms in total. The molecule has 360 valence electrons. The van der Waals surface area contributed by atoms with E-state index in [4.69, 9.17) is 18.6 Å². The molecule has 0 aromatic heterocycles. The molecule has 0 aliphatic rings. The van der Waals surface area contributed by atoms with Gasteiger partial charge in [0, 0.05) is 25.8 Å². The monoisotopic (exact) mass is 943 g/mol. The van der Waals surface area contributed by atoms with Crippen molar-refractivity contribution in [2.45, 2.75) is 127 Å². The first-order valence-corrected chi connectivity index (χ1v) is 26.7.